The lowest BCUT2D eigenvalue weighted by atomic mass is 10.3. The van der Waals surface area contributed by atoms with Crippen LogP contribution in [-0.4, -0.2) is 23.6 Å². The van der Waals surface area contributed by atoms with Crippen molar-refractivity contribution >= 4 is 15.7 Å². The zero-order valence-corrected chi connectivity index (χ0v) is 13.2. The minimum Gasteiger partial charge on any atom is -0.419 e. The fraction of sp³-hybridized carbons (Fsp3) is 0.143. The van der Waals surface area contributed by atoms with Crippen LogP contribution in [0.5, 0.6) is 0 Å². The van der Waals surface area contributed by atoms with Gasteiger partial charge in [-0.3, -0.25) is 4.72 Å². The predicted octanol–water partition coefficient (Wildman–Crippen LogP) is 2.71. The van der Waals surface area contributed by atoms with E-state index in [2.05, 4.69) is 19.9 Å². The molecule has 0 aliphatic carbocycles. The smallest absolute Gasteiger partial charge is 0.264 e. The second-order valence-corrected chi connectivity index (χ2v) is 6.52. The topological polar surface area (TPSA) is 101 Å². The molecule has 7 nitrogen and oxygen atoms in total. The largest absolute Gasteiger partial charge is 0.419 e. The van der Waals surface area contributed by atoms with Gasteiger partial charge in [0.2, 0.25) is 5.89 Å². The maximum atomic E-state index is 13.6. The molecule has 0 fully saturated rings. The number of nitrogens with one attached hydrogen (secondary N) is 2. The summed E-state index contributed by atoms with van der Waals surface area (Å²) < 4.78 is 58.4. The number of nitrogens with zero attached hydrogens (tertiary/aromatic N) is 2. The van der Waals surface area contributed by atoms with Crippen molar-refractivity contribution in [3.05, 3.63) is 48.0 Å². The first-order chi connectivity index (χ1) is 11.4. The van der Waals surface area contributed by atoms with E-state index in [4.69, 9.17) is 4.42 Å². The predicted molar refractivity (Wildman–Crippen MR) is 80.6 cm³/mol. The number of aromatic nitrogens is 3. The molecule has 0 spiro atoms. The van der Waals surface area contributed by atoms with Gasteiger partial charge in [-0.05, 0) is 18.2 Å². The average molecular weight is 354 g/mol. The fourth-order valence-corrected chi connectivity index (χ4v) is 2.99. The van der Waals surface area contributed by atoms with Gasteiger partial charge >= 0.3 is 0 Å². The number of halogens is 2. The molecule has 2 N–H and O–H groups in total. The molecule has 0 radical (unpaired) electrons. The van der Waals surface area contributed by atoms with E-state index in [1.165, 1.54) is 12.3 Å². The highest BCUT2D eigenvalue weighted by Crippen LogP contribution is 2.24. The Morgan fingerprint density at radius 3 is 2.71 bits per heavy atom. The third kappa shape index (κ3) is 3.13. The van der Waals surface area contributed by atoms with E-state index in [0.29, 0.717) is 24.1 Å². The zero-order valence-electron chi connectivity index (χ0n) is 12.4. The minimum atomic E-state index is -4.07. The molecule has 2 aromatic heterocycles. The monoisotopic (exact) mass is 354 g/mol. The summed E-state index contributed by atoms with van der Waals surface area (Å²) in [6.45, 7) is 1.84. The molecule has 0 bridgehead atoms. The van der Waals surface area contributed by atoms with Crippen LogP contribution in [0.2, 0.25) is 0 Å². The van der Waals surface area contributed by atoms with Crippen LogP contribution in [0, 0.1) is 11.6 Å². The van der Waals surface area contributed by atoms with Crippen LogP contribution < -0.4 is 4.72 Å². The Bertz CT molecular complexity index is 982. The van der Waals surface area contributed by atoms with Crippen molar-refractivity contribution < 1.29 is 21.6 Å². The van der Waals surface area contributed by atoms with Crippen LogP contribution in [0.1, 0.15) is 12.8 Å². The Morgan fingerprint density at radius 1 is 1.25 bits per heavy atom. The number of aryl methyl sites for hydroxylation is 1. The second-order valence-electron chi connectivity index (χ2n) is 4.83. The third-order valence-corrected chi connectivity index (χ3v) is 4.49. The van der Waals surface area contributed by atoms with Crippen LogP contribution in [-0.2, 0) is 16.4 Å². The number of hydrogen-bond acceptors (Lipinski definition) is 5. The summed E-state index contributed by atoms with van der Waals surface area (Å²) in [7, 11) is -4.07. The highest BCUT2D eigenvalue weighted by atomic mass is 32.2. The third-order valence-electron chi connectivity index (χ3n) is 3.14. The number of H-pyrrole nitrogens is 1. The van der Waals surface area contributed by atoms with Gasteiger partial charge in [0.1, 0.15) is 22.2 Å². The lowest BCUT2D eigenvalue weighted by molar-refractivity contribution is 0.511. The molecule has 3 aromatic rings. The first-order valence-electron chi connectivity index (χ1n) is 6.88. The maximum absolute atomic E-state index is 13.6. The van der Waals surface area contributed by atoms with E-state index in [0.717, 1.165) is 12.1 Å². The van der Waals surface area contributed by atoms with Crippen molar-refractivity contribution in [1.29, 1.82) is 0 Å². The lowest BCUT2D eigenvalue weighted by Gasteiger charge is -2.07. The Hall–Kier alpha value is -2.75. The minimum absolute atomic E-state index is 0.140. The normalized spacial score (nSPS) is 11.6. The van der Waals surface area contributed by atoms with Crippen LogP contribution in [0.3, 0.4) is 0 Å². The second kappa shape index (κ2) is 6.04. The van der Waals surface area contributed by atoms with Crippen LogP contribution in [0.25, 0.3) is 11.6 Å². The van der Waals surface area contributed by atoms with Gasteiger partial charge in [-0.25, -0.2) is 17.2 Å². The molecule has 0 unspecified atom stereocenters. The number of rotatable bonds is 5. The number of hydrogen-bond donors (Lipinski definition) is 2. The van der Waals surface area contributed by atoms with Gasteiger partial charge in [0.15, 0.2) is 0 Å². The molecule has 0 amide bonds. The van der Waals surface area contributed by atoms with Gasteiger partial charge in [-0.1, -0.05) is 6.92 Å². The van der Waals surface area contributed by atoms with Gasteiger partial charge in [0, 0.05) is 18.7 Å². The Morgan fingerprint density at radius 2 is 2.04 bits per heavy atom. The standard InChI is InChI=1S/C14H12F2N4O3S/c1-2-13-18-19-14(23-13)12-6-9(7-17-12)24(21,22)20-11-4-3-8(15)5-10(11)16/h3-7,17,20H,2H2,1H3. The SMILES string of the molecule is CCc1nnc(-c2cc(S(=O)(=O)Nc3ccc(F)cc3F)c[nH]2)o1. The van der Waals surface area contributed by atoms with E-state index in [1.54, 1.807) is 0 Å². The van der Waals surface area contributed by atoms with Crippen LogP contribution >= 0.6 is 0 Å². The maximum Gasteiger partial charge on any atom is 0.264 e. The molecule has 2 heterocycles. The van der Waals surface area contributed by atoms with Crippen molar-refractivity contribution in [3.8, 4) is 11.6 Å². The molecule has 10 heteroatoms. The highest BCUT2D eigenvalue weighted by Gasteiger charge is 2.20. The average Bonchev–Trinajstić information content (AvgIpc) is 3.18. The fourth-order valence-electron chi connectivity index (χ4n) is 1.93. The number of sulfonamides is 1. The van der Waals surface area contributed by atoms with E-state index < -0.39 is 21.7 Å². The summed E-state index contributed by atoms with van der Waals surface area (Å²) in [6, 6.07) is 3.82. The molecule has 0 aliphatic heterocycles. The number of benzene rings is 1. The zero-order chi connectivity index (χ0) is 17.3. The molecule has 1 aromatic carbocycles. The Kier molecular flexibility index (Phi) is 4.06. The summed E-state index contributed by atoms with van der Waals surface area (Å²) >= 11 is 0. The van der Waals surface area contributed by atoms with E-state index in [1.807, 2.05) is 6.92 Å². The molecule has 0 saturated carbocycles. The molecular weight excluding hydrogens is 342 g/mol. The van der Waals surface area contributed by atoms with Crippen molar-refractivity contribution in [1.82, 2.24) is 15.2 Å². The van der Waals surface area contributed by atoms with E-state index in [-0.39, 0.29) is 16.5 Å². The summed E-state index contributed by atoms with van der Waals surface area (Å²) in [5.41, 5.74) is -0.0487. The quantitative estimate of drug-likeness (QED) is 0.734. The summed E-state index contributed by atoms with van der Waals surface area (Å²) in [5, 5.41) is 7.58. The van der Waals surface area contributed by atoms with Crippen molar-refractivity contribution in [2.75, 3.05) is 4.72 Å². The van der Waals surface area contributed by atoms with Crippen LogP contribution in [0.15, 0.2) is 39.8 Å². The van der Waals surface area contributed by atoms with Gasteiger partial charge in [0.25, 0.3) is 15.9 Å². The van der Waals surface area contributed by atoms with E-state index >= 15 is 0 Å². The van der Waals surface area contributed by atoms with Gasteiger partial charge < -0.3 is 9.40 Å². The highest BCUT2D eigenvalue weighted by molar-refractivity contribution is 7.92. The van der Waals surface area contributed by atoms with Crippen molar-refractivity contribution in [2.45, 2.75) is 18.2 Å². The van der Waals surface area contributed by atoms with Crippen LogP contribution in [0.4, 0.5) is 14.5 Å². The van der Waals surface area contributed by atoms with Gasteiger partial charge in [-0.2, -0.15) is 0 Å². The van der Waals surface area contributed by atoms with Gasteiger partial charge in [-0.15, -0.1) is 10.2 Å². The summed E-state index contributed by atoms with van der Waals surface area (Å²) in [4.78, 5) is 2.55. The molecule has 24 heavy (non-hydrogen) atoms. The Balaban J connectivity index is 1.87. The summed E-state index contributed by atoms with van der Waals surface area (Å²) in [5.74, 6) is -1.27. The summed E-state index contributed by atoms with van der Waals surface area (Å²) in [6.07, 6.45) is 1.75. The first kappa shape index (κ1) is 16.1. The number of aromatic amines is 1. The number of anilines is 1. The molecule has 0 aliphatic rings. The lowest BCUT2D eigenvalue weighted by Crippen LogP contribution is -2.13. The van der Waals surface area contributed by atoms with Crippen molar-refractivity contribution in [2.24, 2.45) is 0 Å². The van der Waals surface area contributed by atoms with E-state index in [9.17, 15) is 17.2 Å². The molecule has 0 saturated heterocycles. The molecule has 3 rings (SSSR count). The molecule has 0 atom stereocenters. The molecular formula is C14H12F2N4O3S. The molecule has 126 valence electrons. The van der Waals surface area contributed by atoms with Crippen molar-refractivity contribution in [3.63, 3.8) is 0 Å². The first-order valence-corrected chi connectivity index (χ1v) is 8.36. The Labute approximate surface area is 135 Å². The van der Waals surface area contributed by atoms with Gasteiger partial charge in [0.05, 0.1) is 5.69 Å².